The van der Waals surface area contributed by atoms with Crippen molar-refractivity contribution in [1.29, 1.82) is 0 Å². The fraction of sp³-hybridized carbons (Fsp3) is 0.192. The second-order valence-electron chi connectivity index (χ2n) is 7.64. The highest BCUT2D eigenvalue weighted by Crippen LogP contribution is 2.31. The van der Waals surface area contributed by atoms with Gasteiger partial charge < -0.3 is 9.47 Å². The van der Waals surface area contributed by atoms with Gasteiger partial charge in [0.25, 0.3) is 5.56 Å². The normalized spacial score (nSPS) is 15.4. The Morgan fingerprint density at radius 3 is 2.71 bits per heavy atom. The van der Waals surface area contributed by atoms with Gasteiger partial charge in [-0.2, -0.15) is 0 Å². The molecule has 9 heteroatoms. The largest absolute Gasteiger partial charge is 0.489 e. The fourth-order valence-electron chi connectivity index (χ4n) is 3.81. The van der Waals surface area contributed by atoms with E-state index in [2.05, 4.69) is 27.5 Å². The van der Waals surface area contributed by atoms with Crippen molar-refractivity contribution < 1.29 is 14.3 Å². The van der Waals surface area contributed by atoms with Gasteiger partial charge in [0.2, 0.25) is 0 Å². The first-order valence-electron chi connectivity index (χ1n) is 10.8. The molecular weight excluding hydrogens is 552 g/mol. The van der Waals surface area contributed by atoms with Crippen LogP contribution < -0.4 is 19.6 Å². The molecule has 0 N–H and O–H groups in total. The Kier molecular flexibility index (Phi) is 7.74. The van der Waals surface area contributed by atoms with Crippen LogP contribution >= 0.6 is 38.9 Å². The monoisotopic (exact) mass is 572 g/mol. The first-order valence-corrected chi connectivity index (χ1v) is 12.8. The maximum absolute atomic E-state index is 13.7. The van der Waals surface area contributed by atoms with Crippen LogP contribution in [0.5, 0.6) is 5.75 Å². The average molecular weight is 574 g/mol. The van der Waals surface area contributed by atoms with Gasteiger partial charge in [-0.15, -0.1) is 0 Å². The lowest BCUT2D eigenvalue weighted by molar-refractivity contribution is -0.139. The molecule has 6 nitrogen and oxygen atoms in total. The number of nitrogens with zero attached hydrogens (tertiary/aromatic N) is 2. The van der Waals surface area contributed by atoms with Crippen LogP contribution in [0.3, 0.4) is 0 Å². The summed E-state index contributed by atoms with van der Waals surface area (Å²) in [6.45, 7) is 7.73. The Balaban J connectivity index is 1.94. The van der Waals surface area contributed by atoms with Crippen LogP contribution in [0.2, 0.25) is 5.02 Å². The molecular formula is C26H22BrClN2O4S. The fourth-order valence-corrected chi connectivity index (χ4v) is 5.35. The van der Waals surface area contributed by atoms with Crippen LogP contribution in [0.25, 0.3) is 6.08 Å². The highest BCUT2D eigenvalue weighted by Gasteiger charge is 2.33. The zero-order valence-electron chi connectivity index (χ0n) is 19.1. The van der Waals surface area contributed by atoms with Crippen molar-refractivity contribution in [2.75, 3.05) is 13.2 Å². The summed E-state index contributed by atoms with van der Waals surface area (Å²) in [6.07, 6.45) is 3.43. The summed E-state index contributed by atoms with van der Waals surface area (Å²) in [5.74, 6) is 0.117. The minimum absolute atomic E-state index is 0.212. The molecule has 1 aliphatic heterocycles. The lowest BCUT2D eigenvalue weighted by Crippen LogP contribution is -2.39. The van der Waals surface area contributed by atoms with Crippen LogP contribution in [0.15, 0.2) is 80.6 Å². The molecule has 0 saturated carbocycles. The number of carbonyl (C=O) groups is 1. The van der Waals surface area contributed by atoms with Gasteiger partial charge in [-0.25, -0.2) is 9.79 Å². The van der Waals surface area contributed by atoms with Crippen LogP contribution in [-0.2, 0) is 9.53 Å². The van der Waals surface area contributed by atoms with Crippen molar-refractivity contribution >= 4 is 50.9 Å². The Morgan fingerprint density at radius 2 is 2.03 bits per heavy atom. The molecule has 1 aliphatic rings. The van der Waals surface area contributed by atoms with Gasteiger partial charge in [0, 0.05) is 15.1 Å². The molecule has 0 saturated heterocycles. The topological polar surface area (TPSA) is 69.9 Å². The minimum Gasteiger partial charge on any atom is -0.489 e. The highest BCUT2D eigenvalue weighted by atomic mass is 79.9. The number of aromatic nitrogens is 1. The third-order valence-electron chi connectivity index (χ3n) is 5.32. The minimum atomic E-state index is -0.691. The number of thiazole rings is 1. The second-order valence-corrected chi connectivity index (χ2v) is 10.00. The molecule has 0 spiro atoms. The lowest BCUT2D eigenvalue weighted by Gasteiger charge is -2.24. The van der Waals surface area contributed by atoms with E-state index in [-0.39, 0.29) is 12.2 Å². The van der Waals surface area contributed by atoms with E-state index in [0.717, 1.165) is 15.6 Å². The molecule has 1 aromatic heterocycles. The number of hydrogen-bond donors (Lipinski definition) is 0. The Morgan fingerprint density at radius 1 is 1.29 bits per heavy atom. The summed E-state index contributed by atoms with van der Waals surface area (Å²) in [7, 11) is 0. The summed E-state index contributed by atoms with van der Waals surface area (Å²) in [6, 6.07) is 12.0. The van der Waals surface area contributed by atoms with Crippen LogP contribution in [0, 0.1) is 0 Å². The van der Waals surface area contributed by atoms with Crippen molar-refractivity contribution in [2.24, 2.45) is 4.99 Å². The number of halogens is 2. The predicted octanol–water partition coefficient (Wildman–Crippen LogP) is 4.78. The SMILES string of the molecule is C=CCOc1ccc(Br)cc1/C=c1\sc2n(c1=O)[C@@H](c1ccc(Cl)cc1)C(C(=O)OCC)=C(C)N=2. The van der Waals surface area contributed by atoms with Crippen LogP contribution in [0.4, 0.5) is 0 Å². The molecule has 3 aromatic rings. The van der Waals surface area contributed by atoms with Gasteiger partial charge in [-0.05, 0) is 55.8 Å². The summed E-state index contributed by atoms with van der Waals surface area (Å²) >= 11 is 10.8. The number of benzene rings is 2. The molecule has 0 bridgehead atoms. The van der Waals surface area contributed by atoms with Crippen molar-refractivity contribution in [3.63, 3.8) is 0 Å². The van der Waals surface area contributed by atoms with E-state index < -0.39 is 12.0 Å². The maximum atomic E-state index is 13.7. The zero-order valence-corrected chi connectivity index (χ0v) is 22.2. The van der Waals surface area contributed by atoms with Gasteiger partial charge in [0.05, 0.1) is 28.5 Å². The summed E-state index contributed by atoms with van der Waals surface area (Å²) in [5.41, 5.74) is 2.03. The number of allylic oxidation sites excluding steroid dienone is 1. The average Bonchev–Trinajstić information content (AvgIpc) is 3.12. The third-order valence-corrected chi connectivity index (χ3v) is 7.05. The molecule has 4 rings (SSSR count). The van der Waals surface area contributed by atoms with E-state index >= 15 is 0 Å². The predicted molar refractivity (Wildman–Crippen MR) is 142 cm³/mol. The van der Waals surface area contributed by atoms with E-state index in [1.807, 2.05) is 18.2 Å². The number of ether oxygens (including phenoxy) is 2. The Bertz CT molecular complexity index is 1510. The van der Waals surface area contributed by atoms with Gasteiger partial charge in [-0.3, -0.25) is 9.36 Å². The second kappa shape index (κ2) is 10.8. The summed E-state index contributed by atoms with van der Waals surface area (Å²) in [5, 5.41) is 0.557. The molecule has 0 aliphatic carbocycles. The Labute approximate surface area is 219 Å². The molecule has 180 valence electrons. The smallest absolute Gasteiger partial charge is 0.338 e. The number of hydrogen-bond acceptors (Lipinski definition) is 6. The molecule has 35 heavy (non-hydrogen) atoms. The van der Waals surface area contributed by atoms with Gasteiger partial charge in [0.1, 0.15) is 12.4 Å². The maximum Gasteiger partial charge on any atom is 0.338 e. The Hall–Kier alpha value is -2.94. The molecule has 0 radical (unpaired) electrons. The number of esters is 1. The van der Waals surface area contributed by atoms with Gasteiger partial charge >= 0.3 is 5.97 Å². The van der Waals surface area contributed by atoms with Gasteiger partial charge in [0.15, 0.2) is 4.80 Å². The van der Waals surface area contributed by atoms with E-state index in [1.54, 1.807) is 54.8 Å². The summed E-state index contributed by atoms with van der Waals surface area (Å²) in [4.78, 5) is 31.8. The van der Waals surface area contributed by atoms with Crippen molar-refractivity contribution in [2.45, 2.75) is 19.9 Å². The zero-order chi connectivity index (χ0) is 25.1. The molecule has 0 unspecified atom stereocenters. The van der Waals surface area contributed by atoms with Gasteiger partial charge in [-0.1, -0.05) is 63.7 Å². The molecule has 1 atom stereocenters. The van der Waals surface area contributed by atoms with Crippen LogP contribution in [0.1, 0.15) is 31.0 Å². The van der Waals surface area contributed by atoms with E-state index in [4.69, 9.17) is 21.1 Å². The first kappa shape index (κ1) is 25.2. The summed E-state index contributed by atoms with van der Waals surface area (Å²) < 4.78 is 13.9. The molecule has 0 amide bonds. The van der Waals surface area contributed by atoms with E-state index in [1.165, 1.54) is 11.3 Å². The number of carbonyl (C=O) groups excluding carboxylic acids is 1. The first-order chi connectivity index (χ1) is 16.8. The standard InChI is InChI=1S/C26H22BrClN2O4S/c1-4-12-34-20-11-8-18(27)13-17(20)14-21-24(31)30-23(16-6-9-19(28)10-7-16)22(25(32)33-5-2)15(3)29-26(30)35-21/h4,6-11,13-14,23H,1,5,12H2,2-3H3/b21-14-/t23-/m0/s1. The molecule has 2 heterocycles. The lowest BCUT2D eigenvalue weighted by atomic mass is 9.96. The third kappa shape index (κ3) is 5.19. The highest BCUT2D eigenvalue weighted by molar-refractivity contribution is 9.10. The van der Waals surface area contributed by atoms with Crippen molar-refractivity contribution in [3.8, 4) is 5.75 Å². The van der Waals surface area contributed by atoms with Crippen LogP contribution in [-0.4, -0.2) is 23.8 Å². The number of rotatable bonds is 7. The van der Waals surface area contributed by atoms with Crippen molar-refractivity contribution in [1.82, 2.24) is 4.57 Å². The number of fused-ring (bicyclic) bond motifs is 1. The quantitative estimate of drug-likeness (QED) is 0.301. The molecule has 2 aromatic carbocycles. The van der Waals surface area contributed by atoms with E-state index in [9.17, 15) is 9.59 Å². The van der Waals surface area contributed by atoms with Crippen molar-refractivity contribution in [3.05, 3.63) is 107 Å². The molecule has 0 fully saturated rings. The van der Waals surface area contributed by atoms with E-state index in [0.29, 0.717) is 38.0 Å².